The molecule has 0 aliphatic carbocycles. The summed E-state index contributed by atoms with van der Waals surface area (Å²) in [4.78, 5) is 15.6. The van der Waals surface area contributed by atoms with Crippen LogP contribution in [0.4, 0.5) is 0 Å². The van der Waals surface area contributed by atoms with Gasteiger partial charge in [0.05, 0.1) is 5.56 Å². The van der Waals surface area contributed by atoms with Gasteiger partial charge in [-0.05, 0) is 12.1 Å². The Kier molecular flexibility index (Phi) is 3.73. The van der Waals surface area contributed by atoms with Crippen LogP contribution in [0.2, 0.25) is 0 Å². The summed E-state index contributed by atoms with van der Waals surface area (Å²) in [5.74, 6) is 0.229. The molecule has 0 unspecified atom stereocenters. The predicted octanol–water partition coefficient (Wildman–Crippen LogP) is 3.09. The van der Waals surface area contributed by atoms with Crippen molar-refractivity contribution in [2.24, 2.45) is 0 Å². The molecule has 0 N–H and O–H groups in total. The summed E-state index contributed by atoms with van der Waals surface area (Å²) in [6.07, 6.45) is 3.08. The van der Waals surface area contributed by atoms with E-state index in [4.69, 9.17) is 9.26 Å². The van der Waals surface area contributed by atoms with Crippen LogP contribution in [-0.4, -0.2) is 16.1 Å². The molecule has 2 aromatic heterocycles. The van der Waals surface area contributed by atoms with Crippen LogP contribution in [0, 0.1) is 0 Å². The van der Waals surface area contributed by atoms with Crippen LogP contribution >= 0.6 is 0 Å². The molecule has 0 fully saturated rings. The van der Waals surface area contributed by atoms with Gasteiger partial charge < -0.3 is 9.26 Å². The molecule has 0 radical (unpaired) electrons. The molecule has 21 heavy (non-hydrogen) atoms. The van der Waals surface area contributed by atoms with Gasteiger partial charge in [-0.15, -0.1) is 0 Å². The molecule has 0 saturated heterocycles. The van der Waals surface area contributed by atoms with E-state index >= 15 is 0 Å². The maximum Gasteiger partial charge on any atom is 0.338 e. The normalized spacial score (nSPS) is 10.3. The second-order valence-electron chi connectivity index (χ2n) is 4.36. The number of carbonyl (C=O) groups is 1. The zero-order valence-corrected chi connectivity index (χ0v) is 11.1. The van der Waals surface area contributed by atoms with E-state index in [2.05, 4.69) is 10.1 Å². The summed E-state index contributed by atoms with van der Waals surface area (Å²) in [5, 5.41) is 3.89. The van der Waals surface area contributed by atoms with Crippen molar-refractivity contribution in [3.05, 3.63) is 72.2 Å². The van der Waals surface area contributed by atoms with E-state index in [1.54, 1.807) is 30.6 Å². The molecular weight excluding hydrogens is 268 g/mol. The molecule has 3 rings (SSSR count). The maximum atomic E-state index is 11.8. The fourth-order valence-electron chi connectivity index (χ4n) is 1.83. The van der Waals surface area contributed by atoms with Crippen molar-refractivity contribution in [2.45, 2.75) is 6.61 Å². The molecule has 0 atom stereocenters. The lowest BCUT2D eigenvalue weighted by molar-refractivity contribution is 0.0464. The fraction of sp³-hybridized carbons (Fsp3) is 0.0625. The Balaban J connectivity index is 1.64. The summed E-state index contributed by atoms with van der Waals surface area (Å²) in [5.41, 5.74) is 1.95. The van der Waals surface area contributed by atoms with Crippen molar-refractivity contribution in [1.82, 2.24) is 10.1 Å². The van der Waals surface area contributed by atoms with Crippen molar-refractivity contribution in [2.75, 3.05) is 0 Å². The van der Waals surface area contributed by atoms with Gasteiger partial charge in [0.15, 0.2) is 5.76 Å². The molecule has 0 saturated carbocycles. The topological polar surface area (TPSA) is 65.2 Å². The number of hydrogen-bond acceptors (Lipinski definition) is 5. The Morgan fingerprint density at radius 2 is 1.86 bits per heavy atom. The largest absolute Gasteiger partial charge is 0.455 e. The number of carbonyl (C=O) groups excluding carboxylic acids is 1. The fourth-order valence-corrected chi connectivity index (χ4v) is 1.83. The van der Waals surface area contributed by atoms with Gasteiger partial charge in [-0.2, -0.15) is 0 Å². The third-order valence-electron chi connectivity index (χ3n) is 2.88. The molecule has 0 spiro atoms. The first kappa shape index (κ1) is 13.1. The van der Waals surface area contributed by atoms with Crippen LogP contribution in [0.1, 0.15) is 16.1 Å². The SMILES string of the molecule is O=C(OCc1cc(-c2ccccc2)on1)c1ccncc1. The minimum absolute atomic E-state index is 0.0670. The van der Waals surface area contributed by atoms with E-state index in [0.717, 1.165) is 5.56 Å². The van der Waals surface area contributed by atoms with Crippen molar-refractivity contribution in [1.29, 1.82) is 0 Å². The molecule has 5 nitrogen and oxygen atoms in total. The summed E-state index contributed by atoms with van der Waals surface area (Å²) >= 11 is 0. The molecular formula is C16H12N2O3. The molecule has 2 heterocycles. The highest BCUT2D eigenvalue weighted by Gasteiger charge is 2.10. The summed E-state index contributed by atoms with van der Waals surface area (Å²) in [6.45, 7) is 0.0670. The van der Waals surface area contributed by atoms with Crippen LogP contribution < -0.4 is 0 Å². The van der Waals surface area contributed by atoms with E-state index < -0.39 is 5.97 Å². The second-order valence-corrected chi connectivity index (χ2v) is 4.36. The number of esters is 1. The lowest BCUT2D eigenvalue weighted by atomic mass is 10.2. The first-order valence-electron chi connectivity index (χ1n) is 6.41. The van der Waals surface area contributed by atoms with Gasteiger partial charge in [0.25, 0.3) is 0 Å². The van der Waals surface area contributed by atoms with Crippen molar-refractivity contribution in [3.63, 3.8) is 0 Å². The molecule has 1 aromatic carbocycles. The summed E-state index contributed by atoms with van der Waals surface area (Å²) in [6, 6.07) is 14.6. The van der Waals surface area contributed by atoms with Gasteiger partial charge in [0.2, 0.25) is 0 Å². The number of nitrogens with zero attached hydrogens (tertiary/aromatic N) is 2. The number of benzene rings is 1. The van der Waals surface area contributed by atoms with E-state index in [-0.39, 0.29) is 6.61 Å². The third kappa shape index (κ3) is 3.14. The quantitative estimate of drug-likeness (QED) is 0.687. The van der Waals surface area contributed by atoms with Crippen molar-refractivity contribution >= 4 is 5.97 Å². The highest BCUT2D eigenvalue weighted by molar-refractivity contribution is 5.89. The number of hydrogen-bond donors (Lipinski definition) is 0. The average Bonchev–Trinajstić information content (AvgIpc) is 3.03. The lowest BCUT2D eigenvalue weighted by Gasteiger charge is -2.01. The molecule has 0 bridgehead atoms. The number of aromatic nitrogens is 2. The Hall–Kier alpha value is -2.95. The zero-order valence-electron chi connectivity index (χ0n) is 11.1. The van der Waals surface area contributed by atoms with Gasteiger partial charge in [-0.25, -0.2) is 4.79 Å². The summed E-state index contributed by atoms with van der Waals surface area (Å²) in [7, 11) is 0. The van der Waals surface area contributed by atoms with Gasteiger partial charge >= 0.3 is 5.97 Å². The Morgan fingerprint density at radius 3 is 2.62 bits per heavy atom. The molecule has 104 valence electrons. The Bertz CT molecular complexity index is 724. The van der Waals surface area contributed by atoms with Gasteiger partial charge in [0, 0.05) is 24.0 Å². The molecule has 0 aliphatic heterocycles. The average molecular weight is 280 g/mol. The van der Waals surface area contributed by atoms with E-state index in [1.165, 1.54) is 0 Å². The first-order valence-corrected chi connectivity index (χ1v) is 6.41. The number of pyridine rings is 1. The zero-order chi connectivity index (χ0) is 14.5. The maximum absolute atomic E-state index is 11.8. The predicted molar refractivity (Wildman–Crippen MR) is 75.3 cm³/mol. The number of ether oxygens (including phenoxy) is 1. The van der Waals surface area contributed by atoms with Crippen LogP contribution in [-0.2, 0) is 11.3 Å². The van der Waals surface area contributed by atoms with Crippen LogP contribution in [0.15, 0.2) is 65.4 Å². The van der Waals surface area contributed by atoms with Gasteiger partial charge in [0.1, 0.15) is 12.3 Å². The van der Waals surface area contributed by atoms with E-state index in [9.17, 15) is 4.79 Å². The smallest absolute Gasteiger partial charge is 0.338 e. The minimum Gasteiger partial charge on any atom is -0.455 e. The van der Waals surface area contributed by atoms with Gasteiger partial charge in [-0.3, -0.25) is 4.98 Å². The molecule has 0 amide bonds. The standard InChI is InChI=1S/C16H12N2O3/c19-16(13-6-8-17-9-7-13)20-11-14-10-15(21-18-14)12-4-2-1-3-5-12/h1-10H,11H2. The third-order valence-corrected chi connectivity index (χ3v) is 2.88. The van der Waals surface area contributed by atoms with E-state index in [1.807, 2.05) is 30.3 Å². The van der Waals surface area contributed by atoms with Crippen molar-refractivity contribution < 1.29 is 14.1 Å². The summed E-state index contributed by atoms with van der Waals surface area (Å²) < 4.78 is 10.4. The molecule has 5 heteroatoms. The molecule has 3 aromatic rings. The van der Waals surface area contributed by atoms with Crippen LogP contribution in [0.25, 0.3) is 11.3 Å². The second kappa shape index (κ2) is 6.00. The van der Waals surface area contributed by atoms with Crippen LogP contribution in [0.3, 0.4) is 0 Å². The van der Waals surface area contributed by atoms with Crippen LogP contribution in [0.5, 0.6) is 0 Å². The highest BCUT2D eigenvalue weighted by atomic mass is 16.5. The Morgan fingerprint density at radius 1 is 1.10 bits per heavy atom. The first-order chi connectivity index (χ1) is 10.3. The Labute approximate surface area is 121 Å². The molecule has 0 aliphatic rings. The van der Waals surface area contributed by atoms with Gasteiger partial charge in [-0.1, -0.05) is 35.5 Å². The van der Waals surface area contributed by atoms with E-state index in [0.29, 0.717) is 17.0 Å². The lowest BCUT2D eigenvalue weighted by Crippen LogP contribution is -2.05. The minimum atomic E-state index is -0.415. The monoisotopic (exact) mass is 280 g/mol. The van der Waals surface area contributed by atoms with Crippen molar-refractivity contribution in [3.8, 4) is 11.3 Å². The number of rotatable bonds is 4. The highest BCUT2D eigenvalue weighted by Crippen LogP contribution is 2.20.